The molecule has 0 spiro atoms. The van der Waals surface area contributed by atoms with Crippen LogP contribution in [0.4, 0.5) is 5.69 Å². The summed E-state index contributed by atoms with van der Waals surface area (Å²) in [6.45, 7) is 8.15. The molecule has 7 nitrogen and oxygen atoms in total. The van der Waals surface area contributed by atoms with Gasteiger partial charge in [0.25, 0.3) is 0 Å². The number of nitrogens with one attached hydrogen (secondary N) is 2. The van der Waals surface area contributed by atoms with Crippen LogP contribution in [0.15, 0.2) is 48.9 Å². The number of nitrogens with zero attached hydrogens (tertiary/aromatic N) is 3. The predicted molar refractivity (Wildman–Crippen MR) is 125 cm³/mol. The van der Waals surface area contributed by atoms with Gasteiger partial charge in [-0.1, -0.05) is 45.0 Å². The Hall–Kier alpha value is -3.45. The van der Waals surface area contributed by atoms with Gasteiger partial charge >= 0.3 is 0 Å². The van der Waals surface area contributed by atoms with Gasteiger partial charge in [-0.25, -0.2) is 9.97 Å². The molecule has 0 fully saturated rings. The van der Waals surface area contributed by atoms with Crippen molar-refractivity contribution in [2.24, 2.45) is 5.92 Å². The minimum Gasteiger partial charge on any atom is -0.323 e. The molecular formula is C25H29N5O2. The molecule has 1 amide bonds. The smallest absolute Gasteiger partial charge is 0.238 e. The molecule has 0 unspecified atom stereocenters. The number of carbonyl (C=O) groups excluding carboxylic acids is 2. The molecule has 3 aromatic rings. The van der Waals surface area contributed by atoms with Crippen LogP contribution in [0.25, 0.3) is 11.1 Å². The molecule has 32 heavy (non-hydrogen) atoms. The van der Waals surface area contributed by atoms with Crippen LogP contribution in [-0.2, 0) is 17.8 Å². The van der Waals surface area contributed by atoms with Gasteiger partial charge in [0.2, 0.25) is 5.91 Å². The average Bonchev–Trinajstić information content (AvgIpc) is 2.78. The third kappa shape index (κ3) is 6.04. The number of hydrogen-bond acceptors (Lipinski definition) is 6. The Balaban J connectivity index is 1.78. The van der Waals surface area contributed by atoms with Crippen molar-refractivity contribution in [2.75, 3.05) is 11.9 Å². The molecule has 2 N–H and O–H groups in total. The number of carbonyl (C=O) groups is 2. The van der Waals surface area contributed by atoms with Crippen LogP contribution in [0.3, 0.4) is 0 Å². The van der Waals surface area contributed by atoms with Crippen molar-refractivity contribution >= 4 is 17.4 Å². The minimum atomic E-state index is -0.255. The highest BCUT2D eigenvalue weighted by Crippen LogP contribution is 2.26. The average molecular weight is 432 g/mol. The van der Waals surface area contributed by atoms with Gasteiger partial charge in [-0.15, -0.1) is 0 Å². The Bertz CT molecular complexity index is 1110. The van der Waals surface area contributed by atoms with Crippen LogP contribution < -0.4 is 10.6 Å². The van der Waals surface area contributed by atoms with E-state index in [1.165, 1.54) is 11.9 Å². The molecule has 7 heteroatoms. The standard InChI is InChI=1S/C25H29N5O2/c1-5-18-7-6-8-19(10-18)20-11-22(24(27-12-20)25(32)16(2)3)30-23(31)14-26-13-21-9-17(4)28-15-29-21/h6-12,15-16,26H,5,13-14H2,1-4H3,(H,30,31). The van der Waals surface area contributed by atoms with Crippen LogP contribution >= 0.6 is 0 Å². The monoisotopic (exact) mass is 431 g/mol. The lowest BCUT2D eigenvalue weighted by atomic mass is 10.00. The van der Waals surface area contributed by atoms with Crippen LogP contribution in [0.1, 0.15) is 48.2 Å². The summed E-state index contributed by atoms with van der Waals surface area (Å²) in [6.07, 6.45) is 4.11. The van der Waals surface area contributed by atoms with Crippen molar-refractivity contribution in [1.82, 2.24) is 20.3 Å². The van der Waals surface area contributed by atoms with Crippen LogP contribution in [0.5, 0.6) is 0 Å². The van der Waals surface area contributed by atoms with Crippen LogP contribution in [0.2, 0.25) is 0 Å². The van der Waals surface area contributed by atoms with Crippen molar-refractivity contribution in [2.45, 2.75) is 40.7 Å². The number of aromatic nitrogens is 3. The van der Waals surface area contributed by atoms with Crippen molar-refractivity contribution in [3.63, 3.8) is 0 Å². The summed E-state index contributed by atoms with van der Waals surface area (Å²) in [4.78, 5) is 38.0. The molecule has 0 saturated carbocycles. The SMILES string of the molecule is CCc1cccc(-c2cnc(C(=O)C(C)C)c(NC(=O)CNCc3cc(C)ncn3)c2)c1. The second-order valence-corrected chi connectivity index (χ2v) is 8.00. The van der Waals surface area contributed by atoms with E-state index in [9.17, 15) is 9.59 Å². The second-order valence-electron chi connectivity index (χ2n) is 8.00. The zero-order valence-electron chi connectivity index (χ0n) is 19.0. The van der Waals surface area contributed by atoms with E-state index >= 15 is 0 Å². The Morgan fingerprint density at radius 2 is 1.84 bits per heavy atom. The fourth-order valence-electron chi connectivity index (χ4n) is 3.26. The third-order valence-corrected chi connectivity index (χ3v) is 5.04. The van der Waals surface area contributed by atoms with Crippen LogP contribution in [0, 0.1) is 12.8 Å². The molecule has 3 rings (SSSR count). The maximum atomic E-state index is 12.7. The summed E-state index contributed by atoms with van der Waals surface area (Å²) >= 11 is 0. The van der Waals surface area contributed by atoms with E-state index in [0.717, 1.165) is 28.9 Å². The van der Waals surface area contributed by atoms with Gasteiger partial charge in [0.1, 0.15) is 12.0 Å². The quantitative estimate of drug-likeness (QED) is 0.498. The maximum absolute atomic E-state index is 12.7. The zero-order valence-corrected chi connectivity index (χ0v) is 19.0. The van der Waals surface area contributed by atoms with Gasteiger partial charge in [-0.3, -0.25) is 14.6 Å². The van der Waals surface area contributed by atoms with E-state index in [4.69, 9.17) is 0 Å². The molecule has 166 valence electrons. The number of hydrogen-bond donors (Lipinski definition) is 2. The van der Waals surface area contributed by atoms with E-state index in [1.807, 2.05) is 45.0 Å². The first-order valence-electron chi connectivity index (χ1n) is 10.8. The van der Waals surface area contributed by atoms with E-state index in [2.05, 4.69) is 44.6 Å². The van der Waals surface area contributed by atoms with Gasteiger partial charge in [0, 0.05) is 29.9 Å². The van der Waals surface area contributed by atoms with Gasteiger partial charge in [-0.2, -0.15) is 0 Å². The molecule has 0 radical (unpaired) electrons. The summed E-state index contributed by atoms with van der Waals surface area (Å²) in [6, 6.07) is 11.8. The predicted octanol–water partition coefficient (Wildman–Crippen LogP) is 3.98. The number of rotatable bonds is 9. The lowest BCUT2D eigenvalue weighted by Crippen LogP contribution is -2.29. The number of benzene rings is 1. The molecule has 0 aliphatic carbocycles. The van der Waals surface area contributed by atoms with E-state index in [1.54, 1.807) is 6.20 Å². The highest BCUT2D eigenvalue weighted by Gasteiger charge is 2.19. The first-order valence-corrected chi connectivity index (χ1v) is 10.8. The summed E-state index contributed by atoms with van der Waals surface area (Å²) in [5.41, 5.74) is 5.42. The Kier molecular flexibility index (Phi) is 7.78. The summed E-state index contributed by atoms with van der Waals surface area (Å²) in [5, 5.41) is 5.94. The largest absolute Gasteiger partial charge is 0.323 e. The molecule has 0 saturated heterocycles. The first-order chi connectivity index (χ1) is 15.4. The second kappa shape index (κ2) is 10.7. The van der Waals surface area contributed by atoms with Gasteiger partial charge < -0.3 is 10.6 Å². The van der Waals surface area contributed by atoms with Crippen molar-refractivity contribution in [3.05, 3.63) is 71.6 Å². The fourth-order valence-corrected chi connectivity index (χ4v) is 3.26. The minimum absolute atomic E-state index is 0.0773. The Morgan fingerprint density at radius 3 is 2.56 bits per heavy atom. The molecule has 0 aliphatic rings. The number of Topliss-reactive ketones (excluding diaryl/α,β-unsaturated/α-hetero) is 1. The maximum Gasteiger partial charge on any atom is 0.238 e. The number of ketones is 1. The lowest BCUT2D eigenvalue weighted by molar-refractivity contribution is -0.115. The molecule has 0 bridgehead atoms. The summed E-state index contributed by atoms with van der Waals surface area (Å²) < 4.78 is 0. The van der Waals surface area contributed by atoms with E-state index in [0.29, 0.717) is 12.2 Å². The molecule has 2 aromatic heterocycles. The Morgan fingerprint density at radius 1 is 1.03 bits per heavy atom. The van der Waals surface area contributed by atoms with Gasteiger partial charge in [0.15, 0.2) is 5.78 Å². The number of pyridine rings is 1. The van der Waals surface area contributed by atoms with Gasteiger partial charge in [-0.05, 0) is 36.6 Å². The molecule has 0 aliphatic heterocycles. The summed E-state index contributed by atoms with van der Waals surface area (Å²) in [5.74, 6) is -0.597. The van der Waals surface area contributed by atoms with E-state index < -0.39 is 0 Å². The zero-order chi connectivity index (χ0) is 23.1. The number of amides is 1. The van der Waals surface area contributed by atoms with Crippen molar-refractivity contribution in [3.8, 4) is 11.1 Å². The van der Waals surface area contributed by atoms with E-state index in [-0.39, 0.29) is 29.8 Å². The lowest BCUT2D eigenvalue weighted by Gasteiger charge is -2.14. The molecular weight excluding hydrogens is 402 g/mol. The number of anilines is 1. The highest BCUT2D eigenvalue weighted by molar-refractivity contribution is 6.05. The molecule has 1 aromatic carbocycles. The number of aryl methyl sites for hydroxylation is 2. The first kappa shape index (κ1) is 23.2. The Labute approximate surface area is 188 Å². The topological polar surface area (TPSA) is 96.9 Å². The molecule has 0 atom stereocenters. The van der Waals surface area contributed by atoms with Crippen molar-refractivity contribution in [1.29, 1.82) is 0 Å². The van der Waals surface area contributed by atoms with Crippen molar-refractivity contribution < 1.29 is 9.59 Å². The fraction of sp³-hybridized carbons (Fsp3) is 0.320. The van der Waals surface area contributed by atoms with Gasteiger partial charge in [0.05, 0.1) is 17.9 Å². The third-order valence-electron chi connectivity index (χ3n) is 5.04. The highest BCUT2D eigenvalue weighted by atomic mass is 16.2. The van der Waals surface area contributed by atoms with Crippen LogP contribution in [-0.4, -0.2) is 33.2 Å². The normalized spacial score (nSPS) is 10.9. The summed E-state index contributed by atoms with van der Waals surface area (Å²) in [7, 11) is 0. The molecule has 2 heterocycles.